The predicted molar refractivity (Wildman–Crippen MR) is 102 cm³/mol. The molecule has 0 saturated carbocycles. The van der Waals surface area contributed by atoms with Gasteiger partial charge in [0, 0.05) is 18.7 Å². The van der Waals surface area contributed by atoms with Crippen molar-refractivity contribution >= 4 is 5.91 Å². The van der Waals surface area contributed by atoms with Crippen LogP contribution in [0, 0.1) is 25.2 Å². The number of aromatic nitrogens is 1. The van der Waals surface area contributed by atoms with Crippen molar-refractivity contribution in [3.8, 4) is 6.07 Å². The third-order valence-corrected chi connectivity index (χ3v) is 5.19. The molecule has 6 nitrogen and oxygen atoms in total. The smallest absolute Gasteiger partial charge is 0.266 e. The van der Waals surface area contributed by atoms with Gasteiger partial charge in [-0.3, -0.25) is 9.59 Å². The number of aromatic amines is 1. The summed E-state index contributed by atoms with van der Waals surface area (Å²) in [5.74, 6) is 0.0179. The van der Waals surface area contributed by atoms with E-state index in [-0.39, 0.29) is 17.0 Å². The molecule has 0 atom stereocenters. The molecule has 0 radical (unpaired) electrons. The largest absolute Gasteiger partial charge is 0.356 e. The van der Waals surface area contributed by atoms with Crippen molar-refractivity contribution in [1.82, 2.24) is 15.2 Å². The molecule has 1 aliphatic heterocycles. The van der Waals surface area contributed by atoms with Gasteiger partial charge in [0.2, 0.25) is 5.91 Å². The standard InChI is InChI=1S/C20H30N4O2/c1-15-17(16(2)23-20(26)18(15)14-21)8-9-19(25)22-10-7-13-24-11-5-3-4-6-12-24/h3-13H2,1-2H3,(H,22,25)(H,23,26). The molecule has 142 valence electrons. The number of carbonyl (C=O) groups is 1. The van der Waals surface area contributed by atoms with Crippen molar-refractivity contribution in [2.24, 2.45) is 0 Å². The van der Waals surface area contributed by atoms with Gasteiger partial charge in [0.1, 0.15) is 11.6 Å². The minimum atomic E-state index is -0.357. The van der Waals surface area contributed by atoms with E-state index in [0.29, 0.717) is 24.9 Å². The summed E-state index contributed by atoms with van der Waals surface area (Å²) in [6.45, 7) is 7.69. The molecule has 1 saturated heterocycles. The van der Waals surface area contributed by atoms with E-state index in [1.54, 1.807) is 6.92 Å². The first kappa shape index (κ1) is 20.2. The number of carbonyl (C=O) groups excluding carboxylic acids is 1. The normalized spacial score (nSPS) is 15.3. The Balaban J connectivity index is 1.75. The summed E-state index contributed by atoms with van der Waals surface area (Å²) in [7, 11) is 0. The van der Waals surface area contributed by atoms with Gasteiger partial charge >= 0.3 is 0 Å². The predicted octanol–water partition coefficient (Wildman–Crippen LogP) is 2.18. The fourth-order valence-electron chi connectivity index (χ4n) is 3.64. The maximum absolute atomic E-state index is 12.1. The first-order chi connectivity index (χ1) is 12.5. The fraction of sp³-hybridized carbons (Fsp3) is 0.650. The summed E-state index contributed by atoms with van der Waals surface area (Å²) in [5.41, 5.74) is 2.09. The van der Waals surface area contributed by atoms with Gasteiger partial charge in [-0.25, -0.2) is 0 Å². The zero-order valence-electron chi connectivity index (χ0n) is 16.0. The Morgan fingerprint density at radius 3 is 2.58 bits per heavy atom. The highest BCUT2D eigenvalue weighted by atomic mass is 16.1. The summed E-state index contributed by atoms with van der Waals surface area (Å²) in [6.07, 6.45) is 7.11. The molecular formula is C20H30N4O2. The monoisotopic (exact) mass is 358 g/mol. The number of nitrogens with one attached hydrogen (secondary N) is 2. The van der Waals surface area contributed by atoms with Crippen LogP contribution in [0.5, 0.6) is 0 Å². The first-order valence-electron chi connectivity index (χ1n) is 9.64. The van der Waals surface area contributed by atoms with E-state index in [1.165, 1.54) is 38.8 Å². The fourth-order valence-corrected chi connectivity index (χ4v) is 3.64. The van der Waals surface area contributed by atoms with Crippen LogP contribution < -0.4 is 10.9 Å². The maximum atomic E-state index is 12.1. The van der Waals surface area contributed by atoms with Crippen LogP contribution in [0.4, 0.5) is 0 Å². The molecule has 1 aromatic rings. The van der Waals surface area contributed by atoms with E-state index in [9.17, 15) is 9.59 Å². The third-order valence-electron chi connectivity index (χ3n) is 5.19. The topological polar surface area (TPSA) is 89.0 Å². The van der Waals surface area contributed by atoms with Gasteiger partial charge in [-0.2, -0.15) is 5.26 Å². The van der Waals surface area contributed by atoms with Crippen molar-refractivity contribution in [2.75, 3.05) is 26.2 Å². The van der Waals surface area contributed by atoms with Gasteiger partial charge in [-0.05, 0) is 70.3 Å². The number of hydrogen-bond acceptors (Lipinski definition) is 4. The molecule has 0 aromatic carbocycles. The number of hydrogen-bond donors (Lipinski definition) is 2. The van der Waals surface area contributed by atoms with Crippen LogP contribution >= 0.6 is 0 Å². The molecule has 1 aliphatic rings. The number of nitriles is 1. The zero-order chi connectivity index (χ0) is 18.9. The van der Waals surface area contributed by atoms with Crippen LogP contribution in [0.2, 0.25) is 0 Å². The van der Waals surface area contributed by atoms with E-state index in [2.05, 4.69) is 15.2 Å². The second-order valence-electron chi connectivity index (χ2n) is 7.13. The second-order valence-corrected chi connectivity index (χ2v) is 7.13. The average Bonchev–Trinajstić information content (AvgIpc) is 2.87. The molecule has 1 fully saturated rings. The van der Waals surface area contributed by atoms with Crippen molar-refractivity contribution in [3.05, 3.63) is 32.7 Å². The maximum Gasteiger partial charge on any atom is 0.266 e. The number of rotatable bonds is 7. The van der Waals surface area contributed by atoms with Crippen LogP contribution in [0.3, 0.4) is 0 Å². The van der Waals surface area contributed by atoms with Crippen molar-refractivity contribution < 1.29 is 4.79 Å². The number of likely N-dealkylation sites (tertiary alicyclic amines) is 1. The molecule has 26 heavy (non-hydrogen) atoms. The summed E-state index contributed by atoms with van der Waals surface area (Å²) in [4.78, 5) is 29.0. The highest BCUT2D eigenvalue weighted by molar-refractivity contribution is 5.76. The van der Waals surface area contributed by atoms with Crippen LogP contribution in [0.25, 0.3) is 0 Å². The minimum Gasteiger partial charge on any atom is -0.356 e. The van der Waals surface area contributed by atoms with E-state index >= 15 is 0 Å². The number of pyridine rings is 1. The molecule has 0 aliphatic carbocycles. The summed E-state index contributed by atoms with van der Waals surface area (Å²) < 4.78 is 0. The Hall–Kier alpha value is -2.13. The number of amides is 1. The Bertz CT molecular complexity index is 710. The van der Waals surface area contributed by atoms with Gasteiger partial charge in [0.15, 0.2) is 0 Å². The quantitative estimate of drug-likeness (QED) is 0.731. The van der Waals surface area contributed by atoms with Crippen LogP contribution in [0.15, 0.2) is 4.79 Å². The zero-order valence-corrected chi connectivity index (χ0v) is 16.0. The highest BCUT2D eigenvalue weighted by Gasteiger charge is 2.13. The van der Waals surface area contributed by atoms with Crippen molar-refractivity contribution in [2.45, 2.75) is 58.8 Å². The van der Waals surface area contributed by atoms with Gasteiger partial charge in [-0.15, -0.1) is 0 Å². The van der Waals surface area contributed by atoms with E-state index in [1.807, 2.05) is 13.0 Å². The Morgan fingerprint density at radius 1 is 1.23 bits per heavy atom. The lowest BCUT2D eigenvalue weighted by Crippen LogP contribution is -2.30. The van der Waals surface area contributed by atoms with E-state index in [4.69, 9.17) is 5.26 Å². The lowest BCUT2D eigenvalue weighted by molar-refractivity contribution is -0.121. The molecule has 0 unspecified atom stereocenters. The molecule has 1 aromatic heterocycles. The lowest BCUT2D eigenvalue weighted by Gasteiger charge is -2.19. The Morgan fingerprint density at radius 2 is 1.92 bits per heavy atom. The van der Waals surface area contributed by atoms with Crippen molar-refractivity contribution in [1.29, 1.82) is 5.26 Å². The van der Waals surface area contributed by atoms with Crippen LogP contribution in [-0.2, 0) is 11.2 Å². The molecule has 2 N–H and O–H groups in total. The number of H-pyrrole nitrogens is 1. The summed E-state index contributed by atoms with van der Waals surface area (Å²) in [5, 5.41) is 12.1. The molecular weight excluding hydrogens is 328 g/mol. The Kier molecular flexibility index (Phi) is 7.86. The first-order valence-corrected chi connectivity index (χ1v) is 9.64. The van der Waals surface area contributed by atoms with Gasteiger partial charge in [-0.1, -0.05) is 12.8 Å². The highest BCUT2D eigenvalue weighted by Crippen LogP contribution is 2.15. The van der Waals surface area contributed by atoms with Gasteiger partial charge in [0.05, 0.1) is 0 Å². The minimum absolute atomic E-state index is 0.0179. The summed E-state index contributed by atoms with van der Waals surface area (Å²) in [6, 6.07) is 1.95. The van der Waals surface area contributed by atoms with E-state index in [0.717, 1.165) is 24.2 Å². The number of nitrogens with zero attached hydrogens (tertiary/aromatic N) is 2. The Labute approximate surface area is 155 Å². The van der Waals surface area contributed by atoms with E-state index < -0.39 is 0 Å². The third kappa shape index (κ3) is 5.70. The molecule has 0 spiro atoms. The average molecular weight is 358 g/mol. The second kappa shape index (κ2) is 10.1. The summed E-state index contributed by atoms with van der Waals surface area (Å²) >= 11 is 0. The molecule has 0 bridgehead atoms. The van der Waals surface area contributed by atoms with Crippen LogP contribution in [0.1, 0.15) is 60.9 Å². The molecule has 6 heteroatoms. The molecule has 2 heterocycles. The lowest BCUT2D eigenvalue weighted by atomic mass is 9.99. The van der Waals surface area contributed by atoms with Crippen molar-refractivity contribution in [3.63, 3.8) is 0 Å². The number of aryl methyl sites for hydroxylation is 1. The SMILES string of the molecule is Cc1[nH]c(=O)c(C#N)c(C)c1CCC(=O)NCCCN1CCCCCC1. The van der Waals surface area contributed by atoms with Crippen LogP contribution in [-0.4, -0.2) is 42.0 Å². The van der Waals surface area contributed by atoms with Gasteiger partial charge < -0.3 is 15.2 Å². The molecule has 1 amide bonds. The molecule has 2 rings (SSSR count). The van der Waals surface area contributed by atoms with Gasteiger partial charge in [0.25, 0.3) is 5.56 Å².